The minimum atomic E-state index is -1.60. The van der Waals surface area contributed by atoms with Crippen molar-refractivity contribution in [1.82, 2.24) is 0 Å². The van der Waals surface area contributed by atoms with E-state index in [0.717, 1.165) is 22.3 Å². The molecule has 0 amide bonds. The number of carbonyl (C=O) groups is 2. The van der Waals surface area contributed by atoms with Gasteiger partial charge in [0.05, 0.1) is 5.56 Å². The Morgan fingerprint density at radius 3 is 2.19 bits per heavy atom. The van der Waals surface area contributed by atoms with Crippen molar-refractivity contribution in [2.45, 2.75) is 33.0 Å². The van der Waals surface area contributed by atoms with Gasteiger partial charge in [0.15, 0.2) is 6.29 Å². The third-order valence-electron chi connectivity index (χ3n) is 6.20. The highest BCUT2D eigenvalue weighted by atomic mass is 16.6. The van der Waals surface area contributed by atoms with E-state index in [-0.39, 0.29) is 19.1 Å². The highest BCUT2D eigenvalue weighted by Crippen LogP contribution is 2.47. The molecule has 1 aliphatic rings. The Kier molecular flexibility index (Phi) is 7.24. The molecule has 0 heterocycles. The maximum absolute atomic E-state index is 12.7. The summed E-state index contributed by atoms with van der Waals surface area (Å²) in [6.07, 6.45) is -1.60. The summed E-state index contributed by atoms with van der Waals surface area (Å²) >= 11 is 0. The minimum Gasteiger partial charge on any atom is -0.490 e. The van der Waals surface area contributed by atoms with Crippen molar-refractivity contribution in [3.05, 3.63) is 94.6 Å². The van der Waals surface area contributed by atoms with Crippen molar-refractivity contribution in [2.75, 3.05) is 13.2 Å². The highest BCUT2D eigenvalue weighted by Gasteiger charge is 2.27. The van der Waals surface area contributed by atoms with E-state index in [1.807, 2.05) is 30.3 Å². The first-order chi connectivity index (χ1) is 17.2. The molecule has 0 fully saturated rings. The predicted molar refractivity (Wildman–Crippen MR) is 134 cm³/mol. The third kappa shape index (κ3) is 5.17. The van der Waals surface area contributed by atoms with Crippen molar-refractivity contribution in [2.24, 2.45) is 0 Å². The van der Waals surface area contributed by atoms with Gasteiger partial charge in [-0.15, -0.1) is 0 Å². The van der Waals surface area contributed by atoms with E-state index >= 15 is 0 Å². The lowest BCUT2D eigenvalue weighted by molar-refractivity contribution is -0.139. The number of aryl methyl sites for hydroxylation is 1. The van der Waals surface area contributed by atoms with Gasteiger partial charge in [-0.1, -0.05) is 31.7 Å². The lowest BCUT2D eigenvalue weighted by atomic mass is 9.99. The molecule has 0 aromatic heterocycles. The van der Waals surface area contributed by atoms with Crippen LogP contribution < -0.4 is 9.47 Å². The van der Waals surface area contributed by atoms with E-state index in [1.54, 1.807) is 26.0 Å². The Morgan fingerprint density at radius 2 is 1.58 bits per heavy atom. The molecular formula is C29H28O7. The van der Waals surface area contributed by atoms with Crippen LogP contribution in [0.3, 0.4) is 0 Å². The Morgan fingerprint density at radius 1 is 0.944 bits per heavy atom. The Labute approximate surface area is 209 Å². The van der Waals surface area contributed by atoms with Gasteiger partial charge >= 0.3 is 11.9 Å². The van der Waals surface area contributed by atoms with Gasteiger partial charge in [-0.05, 0) is 78.1 Å². The van der Waals surface area contributed by atoms with Crippen LogP contribution in [0, 0.1) is 6.92 Å². The van der Waals surface area contributed by atoms with Crippen LogP contribution in [0.1, 0.15) is 58.7 Å². The van der Waals surface area contributed by atoms with Gasteiger partial charge in [-0.2, -0.15) is 0 Å². The van der Waals surface area contributed by atoms with Crippen molar-refractivity contribution >= 4 is 11.9 Å². The topological polar surface area (TPSA) is 102 Å². The van der Waals surface area contributed by atoms with Crippen LogP contribution >= 0.6 is 0 Å². The van der Waals surface area contributed by atoms with Crippen LogP contribution in [0.2, 0.25) is 0 Å². The quantitative estimate of drug-likeness (QED) is 0.154. The predicted octanol–water partition coefficient (Wildman–Crippen LogP) is 4.83. The number of hydrogen-bond acceptors (Lipinski definition) is 7. The van der Waals surface area contributed by atoms with E-state index in [0.29, 0.717) is 33.8 Å². The third-order valence-corrected chi connectivity index (χ3v) is 6.20. The highest BCUT2D eigenvalue weighted by molar-refractivity contribution is 5.91. The summed E-state index contributed by atoms with van der Waals surface area (Å²) in [5.41, 5.74) is 5.89. The van der Waals surface area contributed by atoms with E-state index in [4.69, 9.17) is 14.2 Å². The Hall–Kier alpha value is -3.94. The largest absolute Gasteiger partial charge is 0.490 e. The zero-order chi connectivity index (χ0) is 26.0. The van der Waals surface area contributed by atoms with Crippen molar-refractivity contribution in [3.63, 3.8) is 0 Å². The van der Waals surface area contributed by atoms with Gasteiger partial charge in [-0.3, -0.25) is 0 Å². The fourth-order valence-electron chi connectivity index (χ4n) is 4.28. The molecule has 0 radical (unpaired) electrons. The summed E-state index contributed by atoms with van der Waals surface area (Å²) in [6, 6.07) is 16.0. The first-order valence-electron chi connectivity index (χ1n) is 11.6. The number of esters is 2. The van der Waals surface area contributed by atoms with Gasteiger partial charge in [0.25, 0.3) is 0 Å². The van der Waals surface area contributed by atoms with Crippen LogP contribution in [0.25, 0.3) is 11.1 Å². The van der Waals surface area contributed by atoms with E-state index < -0.39 is 18.2 Å². The molecule has 7 heteroatoms. The van der Waals surface area contributed by atoms with Crippen molar-refractivity contribution in [3.8, 4) is 22.6 Å². The van der Waals surface area contributed by atoms with Crippen LogP contribution in [0.5, 0.6) is 11.5 Å². The zero-order valence-corrected chi connectivity index (χ0v) is 20.4. The van der Waals surface area contributed by atoms with Gasteiger partial charge in [-0.25, -0.2) is 9.59 Å². The smallest absolute Gasteiger partial charge is 0.343 e. The number of hydrogen-bond donors (Lipinski definition) is 2. The average Bonchev–Trinajstić information content (AvgIpc) is 3.12. The van der Waals surface area contributed by atoms with Crippen LogP contribution in [-0.4, -0.2) is 35.4 Å². The second-order valence-electron chi connectivity index (χ2n) is 8.82. The molecule has 36 heavy (non-hydrogen) atoms. The lowest BCUT2D eigenvalue weighted by Gasteiger charge is -2.12. The first kappa shape index (κ1) is 25.2. The number of rotatable bonds is 8. The normalized spacial score (nSPS) is 13.7. The standard InChI is InChI=1S/C29H28O7/c1-16(2)28(32)35-12-11-34-20-6-9-23-24-10-7-21(15-26(24)18(4)25(23)14-20)36-29(33)19-5-8-22(27(30)31)17(3)13-19/h5-10,13-15,18,27,30-31H,1,11-12H2,2-4H3. The van der Waals surface area contributed by atoms with Crippen molar-refractivity contribution < 1.29 is 34.0 Å². The molecule has 0 aliphatic heterocycles. The maximum Gasteiger partial charge on any atom is 0.343 e. The summed E-state index contributed by atoms with van der Waals surface area (Å²) in [4.78, 5) is 24.2. The summed E-state index contributed by atoms with van der Waals surface area (Å²) in [5.74, 6) is 0.204. The first-order valence-corrected chi connectivity index (χ1v) is 11.6. The summed E-state index contributed by atoms with van der Waals surface area (Å²) in [5, 5.41) is 18.8. The van der Waals surface area contributed by atoms with Gasteiger partial charge in [0, 0.05) is 17.1 Å². The molecule has 4 rings (SSSR count). The molecule has 0 spiro atoms. The molecule has 7 nitrogen and oxygen atoms in total. The minimum absolute atomic E-state index is 0.0611. The summed E-state index contributed by atoms with van der Waals surface area (Å²) in [6.45, 7) is 9.29. The Bertz CT molecular complexity index is 1340. The second kappa shape index (κ2) is 10.4. The molecule has 1 aliphatic carbocycles. The molecular weight excluding hydrogens is 460 g/mol. The van der Waals surface area contributed by atoms with Crippen molar-refractivity contribution in [1.29, 1.82) is 0 Å². The molecule has 1 atom stereocenters. The molecule has 3 aromatic rings. The molecule has 0 saturated heterocycles. The summed E-state index contributed by atoms with van der Waals surface area (Å²) < 4.78 is 16.4. The molecule has 0 saturated carbocycles. The van der Waals surface area contributed by atoms with Crippen LogP contribution in [0.4, 0.5) is 0 Å². The molecule has 0 bridgehead atoms. The maximum atomic E-state index is 12.7. The molecule has 2 N–H and O–H groups in total. The second-order valence-corrected chi connectivity index (χ2v) is 8.82. The van der Waals surface area contributed by atoms with E-state index in [2.05, 4.69) is 13.5 Å². The number of fused-ring (bicyclic) bond motifs is 3. The Balaban J connectivity index is 1.45. The fraction of sp³-hybridized carbons (Fsp3) is 0.241. The van der Waals surface area contributed by atoms with Gasteiger partial charge in [0.1, 0.15) is 24.7 Å². The monoisotopic (exact) mass is 488 g/mol. The molecule has 1 unspecified atom stereocenters. The number of ether oxygens (including phenoxy) is 3. The summed E-state index contributed by atoms with van der Waals surface area (Å²) in [7, 11) is 0. The SMILES string of the molecule is C=C(C)C(=O)OCCOc1ccc2c(c1)C(C)c1cc(OC(=O)c3ccc(C(O)O)c(C)c3)ccc1-2. The van der Waals surface area contributed by atoms with Crippen LogP contribution in [-0.2, 0) is 9.53 Å². The molecule has 186 valence electrons. The lowest BCUT2D eigenvalue weighted by Crippen LogP contribution is -2.12. The van der Waals surface area contributed by atoms with Crippen LogP contribution in [0.15, 0.2) is 66.7 Å². The zero-order valence-electron chi connectivity index (χ0n) is 20.4. The number of benzene rings is 3. The van der Waals surface area contributed by atoms with E-state index in [1.165, 1.54) is 12.1 Å². The average molecular weight is 489 g/mol. The van der Waals surface area contributed by atoms with Gasteiger partial charge in [0.2, 0.25) is 0 Å². The molecule has 3 aromatic carbocycles. The van der Waals surface area contributed by atoms with Gasteiger partial charge < -0.3 is 24.4 Å². The number of aliphatic hydroxyl groups is 2. The number of aliphatic hydroxyl groups excluding tert-OH is 1. The number of carbonyl (C=O) groups excluding carboxylic acids is 2. The van der Waals surface area contributed by atoms with E-state index in [9.17, 15) is 19.8 Å². The fourth-order valence-corrected chi connectivity index (χ4v) is 4.28.